The van der Waals surface area contributed by atoms with Gasteiger partial charge in [-0.15, -0.1) is 0 Å². The number of carboxylic acid groups (broad SMARTS) is 2. The molecule has 0 rings (SSSR count). The van der Waals surface area contributed by atoms with E-state index in [0.29, 0.717) is 0 Å². The monoisotopic (exact) mass is 373 g/mol. The van der Waals surface area contributed by atoms with Crippen molar-refractivity contribution in [2.75, 3.05) is 6.61 Å². The first-order valence-electron chi connectivity index (χ1n) is 9.65. The van der Waals surface area contributed by atoms with Crippen molar-refractivity contribution in [1.82, 2.24) is 0 Å². The Morgan fingerprint density at radius 1 is 1.00 bits per heavy atom. The predicted octanol–water partition coefficient (Wildman–Crippen LogP) is 3.96. The molecule has 0 amide bonds. The van der Waals surface area contributed by atoms with Gasteiger partial charge in [0.1, 0.15) is 0 Å². The quantitative estimate of drug-likeness (QED) is 0.270. The minimum atomic E-state index is -1.07. The van der Waals surface area contributed by atoms with Gasteiger partial charge >= 0.3 is 11.9 Å². The second-order valence-electron chi connectivity index (χ2n) is 7.38. The van der Waals surface area contributed by atoms with Crippen molar-refractivity contribution in [2.24, 2.45) is 11.7 Å². The number of aliphatic carboxylic acids is 2. The Labute approximate surface area is 158 Å². The molecule has 0 spiro atoms. The highest BCUT2D eigenvalue weighted by molar-refractivity contribution is 5.79. The van der Waals surface area contributed by atoms with Crippen LogP contribution >= 0.6 is 0 Å². The van der Waals surface area contributed by atoms with Gasteiger partial charge in [0.05, 0.1) is 18.9 Å². The van der Waals surface area contributed by atoms with Crippen LogP contribution in [0.25, 0.3) is 0 Å². The van der Waals surface area contributed by atoms with Crippen LogP contribution in [-0.4, -0.2) is 39.4 Å². The van der Waals surface area contributed by atoms with Crippen molar-refractivity contribution >= 4 is 11.9 Å². The molecule has 0 aliphatic rings. The van der Waals surface area contributed by atoms with Gasteiger partial charge < -0.3 is 21.1 Å². The molecule has 0 aliphatic carbocycles. The third-order valence-electron chi connectivity index (χ3n) is 3.71. The van der Waals surface area contributed by atoms with Crippen molar-refractivity contribution in [3.8, 4) is 0 Å². The molecule has 5 N–H and O–H groups in total. The average molecular weight is 374 g/mol. The van der Waals surface area contributed by atoms with E-state index >= 15 is 0 Å². The van der Waals surface area contributed by atoms with Gasteiger partial charge in [-0.25, -0.2) is 0 Å². The van der Waals surface area contributed by atoms with Crippen molar-refractivity contribution in [2.45, 2.75) is 90.5 Å². The van der Waals surface area contributed by atoms with Crippen molar-refractivity contribution in [1.29, 1.82) is 0 Å². The highest BCUT2D eigenvalue weighted by Crippen LogP contribution is 2.11. The second kappa shape index (κ2) is 17.0. The summed E-state index contributed by atoms with van der Waals surface area (Å²) in [5.74, 6) is -3.05. The number of carboxylic acids is 2. The van der Waals surface area contributed by atoms with Gasteiger partial charge in [0, 0.05) is 5.54 Å². The maximum atomic E-state index is 10.8. The third-order valence-corrected chi connectivity index (χ3v) is 3.71. The van der Waals surface area contributed by atoms with Crippen molar-refractivity contribution in [3.63, 3.8) is 0 Å². The van der Waals surface area contributed by atoms with Crippen LogP contribution in [0.2, 0.25) is 0 Å². The van der Waals surface area contributed by atoms with Crippen LogP contribution < -0.4 is 5.73 Å². The minimum Gasteiger partial charge on any atom is -0.481 e. The number of unbranched alkanes of at least 4 members (excludes halogenated alkanes) is 8. The summed E-state index contributed by atoms with van der Waals surface area (Å²) >= 11 is 0. The second-order valence-corrected chi connectivity index (χ2v) is 7.38. The van der Waals surface area contributed by atoms with Gasteiger partial charge in [-0.05, 0) is 26.7 Å². The zero-order valence-electron chi connectivity index (χ0n) is 16.7. The fourth-order valence-electron chi connectivity index (χ4n) is 2.08. The first-order valence-corrected chi connectivity index (χ1v) is 9.65. The van der Waals surface area contributed by atoms with Gasteiger partial charge in [0.15, 0.2) is 0 Å². The molecule has 0 saturated carbocycles. The summed E-state index contributed by atoms with van der Waals surface area (Å²) in [4.78, 5) is 21.3. The van der Waals surface area contributed by atoms with E-state index in [1.54, 1.807) is 19.9 Å². The molecule has 0 aromatic heterocycles. The van der Waals surface area contributed by atoms with Crippen LogP contribution in [0.15, 0.2) is 12.2 Å². The molecule has 6 nitrogen and oxygen atoms in total. The molecule has 0 aliphatic heterocycles. The van der Waals surface area contributed by atoms with Crippen LogP contribution in [0, 0.1) is 5.92 Å². The van der Waals surface area contributed by atoms with Gasteiger partial charge in [0.2, 0.25) is 0 Å². The number of rotatable bonds is 14. The Bertz CT molecular complexity index is 388. The minimum absolute atomic E-state index is 0.0486. The summed E-state index contributed by atoms with van der Waals surface area (Å²) in [6.07, 6.45) is 13.7. The SMILES string of the molecule is CC(C)(N)CO.CCCCCCCCCCC=CC(CC(=O)O)C(=O)O. The fraction of sp³-hybridized carbons (Fsp3) is 0.800. The maximum Gasteiger partial charge on any atom is 0.310 e. The molecule has 154 valence electrons. The van der Waals surface area contributed by atoms with Gasteiger partial charge in [0.25, 0.3) is 0 Å². The highest BCUT2D eigenvalue weighted by atomic mass is 16.4. The lowest BCUT2D eigenvalue weighted by Crippen LogP contribution is -2.35. The van der Waals surface area contributed by atoms with E-state index in [1.807, 2.05) is 0 Å². The summed E-state index contributed by atoms with van der Waals surface area (Å²) in [5.41, 5.74) is 4.88. The number of hydrogen-bond acceptors (Lipinski definition) is 4. The van der Waals surface area contributed by atoms with E-state index in [-0.39, 0.29) is 13.0 Å². The first-order chi connectivity index (χ1) is 12.1. The molecule has 6 heteroatoms. The molecular weight excluding hydrogens is 334 g/mol. The number of aliphatic hydroxyl groups excluding tert-OH is 1. The molecule has 0 bridgehead atoms. The van der Waals surface area contributed by atoms with Crippen LogP contribution in [0.3, 0.4) is 0 Å². The Morgan fingerprint density at radius 3 is 1.85 bits per heavy atom. The summed E-state index contributed by atoms with van der Waals surface area (Å²) in [5, 5.41) is 25.7. The van der Waals surface area contributed by atoms with Crippen molar-refractivity contribution in [3.05, 3.63) is 12.2 Å². The molecule has 0 fully saturated rings. The molecule has 0 saturated heterocycles. The Hall–Kier alpha value is -1.40. The smallest absolute Gasteiger partial charge is 0.310 e. The van der Waals surface area contributed by atoms with E-state index in [2.05, 4.69) is 6.92 Å². The lowest BCUT2D eigenvalue weighted by molar-refractivity contribution is -0.146. The number of nitrogens with two attached hydrogens (primary N) is 1. The third kappa shape index (κ3) is 22.6. The Balaban J connectivity index is 0. The van der Waals surface area contributed by atoms with Gasteiger partial charge in [-0.1, -0.05) is 64.0 Å². The molecule has 1 unspecified atom stereocenters. The van der Waals surface area contributed by atoms with Gasteiger partial charge in [-0.3, -0.25) is 9.59 Å². The lowest BCUT2D eigenvalue weighted by atomic mass is 10.0. The van der Waals surface area contributed by atoms with Crippen LogP contribution in [0.4, 0.5) is 0 Å². The Morgan fingerprint density at radius 2 is 1.46 bits per heavy atom. The number of allylic oxidation sites excluding steroid dienone is 1. The molecule has 0 heterocycles. The standard InChI is InChI=1S/C16H28O4.C4H11NO/c1-2-3-4-5-6-7-8-9-10-11-12-14(16(19)20)13-15(17)18;1-4(2,5)3-6/h11-12,14H,2-10,13H2,1H3,(H,17,18)(H,19,20);6H,3,5H2,1-2H3. The predicted molar refractivity (Wildman–Crippen MR) is 105 cm³/mol. The zero-order chi connectivity index (χ0) is 20.4. The highest BCUT2D eigenvalue weighted by Gasteiger charge is 2.17. The van der Waals surface area contributed by atoms with Crippen LogP contribution in [0.5, 0.6) is 0 Å². The lowest BCUT2D eigenvalue weighted by Gasteiger charge is -2.12. The molecule has 0 radical (unpaired) electrons. The Kier molecular flexibility index (Phi) is 17.6. The number of carbonyl (C=O) groups is 2. The van der Waals surface area contributed by atoms with Crippen molar-refractivity contribution < 1.29 is 24.9 Å². The molecule has 26 heavy (non-hydrogen) atoms. The van der Waals surface area contributed by atoms with Gasteiger partial charge in [-0.2, -0.15) is 0 Å². The molecule has 0 aromatic carbocycles. The first kappa shape index (κ1) is 26.8. The summed E-state index contributed by atoms with van der Waals surface area (Å²) in [6, 6.07) is 0. The maximum absolute atomic E-state index is 10.8. The summed E-state index contributed by atoms with van der Waals surface area (Å²) < 4.78 is 0. The van der Waals surface area contributed by atoms with E-state index in [0.717, 1.165) is 19.3 Å². The molecule has 0 aromatic rings. The topological polar surface area (TPSA) is 121 Å². The fourth-order valence-corrected chi connectivity index (χ4v) is 2.08. The average Bonchev–Trinajstić information content (AvgIpc) is 2.55. The largest absolute Gasteiger partial charge is 0.481 e. The molecule has 1 atom stereocenters. The number of hydrogen-bond donors (Lipinski definition) is 4. The van der Waals surface area contributed by atoms with E-state index in [1.165, 1.54) is 44.6 Å². The van der Waals surface area contributed by atoms with E-state index in [9.17, 15) is 9.59 Å². The zero-order valence-corrected chi connectivity index (χ0v) is 16.7. The summed E-state index contributed by atoms with van der Waals surface area (Å²) in [6.45, 7) is 5.80. The normalized spacial score (nSPS) is 12.5. The molecular formula is C20H39NO5. The summed E-state index contributed by atoms with van der Waals surface area (Å²) in [7, 11) is 0. The number of aliphatic hydroxyl groups is 1. The van der Waals surface area contributed by atoms with Crippen LogP contribution in [0.1, 0.15) is 85.0 Å². The van der Waals surface area contributed by atoms with E-state index in [4.69, 9.17) is 21.1 Å². The van der Waals surface area contributed by atoms with E-state index < -0.39 is 23.4 Å². The van der Waals surface area contributed by atoms with Crippen LogP contribution in [-0.2, 0) is 9.59 Å².